The second-order valence-electron chi connectivity index (χ2n) is 3.07. The monoisotopic (exact) mass is 206 g/mol. The number of nitrogens with one attached hydrogen (secondary N) is 1. The molecule has 2 aromatic rings. The first-order valence-electron chi connectivity index (χ1n) is 4.68. The van der Waals surface area contributed by atoms with Crippen LogP contribution in [-0.4, -0.2) is 16.1 Å². The average molecular weight is 206 g/mol. The Balaban J connectivity index is 0.000000195. The summed E-state index contributed by atoms with van der Waals surface area (Å²) in [7, 11) is 0. The quantitative estimate of drug-likeness (QED) is 0.626. The van der Waals surface area contributed by atoms with Crippen LogP contribution in [0.3, 0.4) is 0 Å². The molecule has 15 heavy (non-hydrogen) atoms. The lowest BCUT2D eigenvalue weighted by Gasteiger charge is -1.90. The van der Waals surface area contributed by atoms with Crippen LogP contribution in [0.25, 0.3) is 10.9 Å². The molecule has 0 spiro atoms. The van der Waals surface area contributed by atoms with Gasteiger partial charge in [-0.15, -0.1) is 0 Å². The third kappa shape index (κ3) is 3.34. The lowest BCUT2D eigenvalue weighted by Crippen LogP contribution is -1.86. The zero-order valence-corrected chi connectivity index (χ0v) is 8.53. The molecule has 0 atom stereocenters. The fourth-order valence-electron chi connectivity index (χ4n) is 1.07. The highest BCUT2D eigenvalue weighted by Gasteiger charge is 1.91. The number of hydrogen-bond acceptors (Lipinski definition) is 2. The number of hydrogen-bond donors (Lipinski definition) is 3. The number of carbonyl (C=O) groups is 1. The molecule has 4 nitrogen and oxygen atoms in total. The van der Waals surface area contributed by atoms with Gasteiger partial charge in [0, 0.05) is 29.2 Å². The number of H-pyrrole nitrogens is 1. The van der Waals surface area contributed by atoms with Crippen LogP contribution in [0.4, 0.5) is 5.69 Å². The molecule has 4 N–H and O–H groups in total. The fourth-order valence-corrected chi connectivity index (χ4v) is 1.07. The molecule has 1 heterocycles. The summed E-state index contributed by atoms with van der Waals surface area (Å²) in [5, 5.41) is 8.89. The Bertz CT molecular complexity index is 449. The molecule has 0 fully saturated rings. The highest BCUT2D eigenvalue weighted by molar-refractivity contribution is 5.82. The van der Waals surface area contributed by atoms with Crippen LogP contribution in [0.5, 0.6) is 0 Å². The number of carboxylic acid groups (broad SMARTS) is 1. The number of fused-ring (bicyclic) bond motifs is 1. The Kier molecular flexibility index (Phi) is 3.74. The van der Waals surface area contributed by atoms with E-state index in [1.807, 2.05) is 30.5 Å². The molecule has 1 aromatic heterocycles. The molecule has 0 amide bonds. The Hall–Kier alpha value is -1.97. The van der Waals surface area contributed by atoms with Gasteiger partial charge in [0.15, 0.2) is 0 Å². The van der Waals surface area contributed by atoms with Gasteiger partial charge >= 0.3 is 5.97 Å². The highest BCUT2D eigenvalue weighted by Crippen LogP contribution is 2.14. The van der Waals surface area contributed by atoms with Gasteiger partial charge in [-0.1, -0.05) is 6.92 Å². The molecule has 0 aliphatic heterocycles. The van der Waals surface area contributed by atoms with Gasteiger partial charge in [-0.2, -0.15) is 0 Å². The maximum Gasteiger partial charge on any atom is 0.303 e. The van der Waals surface area contributed by atoms with Gasteiger partial charge in [-0.05, 0) is 24.3 Å². The number of aromatic nitrogens is 1. The zero-order valence-electron chi connectivity index (χ0n) is 8.53. The van der Waals surface area contributed by atoms with Gasteiger partial charge in [-0.25, -0.2) is 0 Å². The van der Waals surface area contributed by atoms with E-state index in [1.165, 1.54) is 5.39 Å². The van der Waals surface area contributed by atoms with Gasteiger partial charge in [0.05, 0.1) is 0 Å². The number of aliphatic carboxylic acids is 1. The van der Waals surface area contributed by atoms with Gasteiger partial charge in [0.2, 0.25) is 0 Å². The number of anilines is 1. The van der Waals surface area contributed by atoms with E-state index in [0.29, 0.717) is 0 Å². The second-order valence-corrected chi connectivity index (χ2v) is 3.07. The highest BCUT2D eigenvalue weighted by atomic mass is 16.4. The first-order chi connectivity index (χ1) is 7.13. The molecule has 4 heteroatoms. The minimum absolute atomic E-state index is 0.222. The molecule has 0 unspecified atom stereocenters. The molecule has 0 aliphatic carbocycles. The number of benzene rings is 1. The van der Waals surface area contributed by atoms with Crippen LogP contribution < -0.4 is 5.73 Å². The SMILES string of the molecule is CCC(=O)O.Nc1ccc2[nH]ccc2c1. The minimum atomic E-state index is -0.745. The number of nitrogens with two attached hydrogens (primary N) is 1. The van der Waals surface area contributed by atoms with E-state index in [0.717, 1.165) is 11.2 Å². The lowest BCUT2D eigenvalue weighted by atomic mass is 10.2. The van der Waals surface area contributed by atoms with Crippen LogP contribution in [0.1, 0.15) is 13.3 Å². The van der Waals surface area contributed by atoms with Crippen molar-refractivity contribution in [1.29, 1.82) is 0 Å². The van der Waals surface area contributed by atoms with E-state index in [9.17, 15) is 4.79 Å². The van der Waals surface area contributed by atoms with Gasteiger partial charge in [0.25, 0.3) is 0 Å². The topological polar surface area (TPSA) is 79.1 Å². The standard InChI is InChI=1S/C8H8N2.C3H6O2/c9-7-1-2-8-6(5-7)3-4-10-8;1-2-3(4)5/h1-5,10H,9H2;2H2,1H3,(H,4,5). The van der Waals surface area contributed by atoms with Crippen molar-refractivity contribution >= 4 is 22.6 Å². The van der Waals surface area contributed by atoms with Crippen LogP contribution in [0, 0.1) is 0 Å². The maximum absolute atomic E-state index is 9.37. The van der Waals surface area contributed by atoms with E-state index in [2.05, 4.69) is 4.98 Å². The Morgan fingerprint density at radius 3 is 2.73 bits per heavy atom. The third-order valence-corrected chi connectivity index (χ3v) is 1.88. The van der Waals surface area contributed by atoms with Crippen LogP contribution in [0.2, 0.25) is 0 Å². The summed E-state index contributed by atoms with van der Waals surface area (Å²) < 4.78 is 0. The number of carboxylic acids is 1. The van der Waals surface area contributed by atoms with E-state index in [-0.39, 0.29) is 6.42 Å². The zero-order chi connectivity index (χ0) is 11.3. The van der Waals surface area contributed by atoms with Crippen molar-refractivity contribution in [2.75, 3.05) is 5.73 Å². The molecule has 0 saturated carbocycles. The van der Waals surface area contributed by atoms with E-state index >= 15 is 0 Å². The van der Waals surface area contributed by atoms with Crippen LogP contribution in [0.15, 0.2) is 30.5 Å². The molecule has 0 radical (unpaired) electrons. The average Bonchev–Trinajstić information content (AvgIpc) is 2.65. The van der Waals surface area contributed by atoms with Crippen molar-refractivity contribution in [3.8, 4) is 0 Å². The Morgan fingerprint density at radius 2 is 2.13 bits per heavy atom. The van der Waals surface area contributed by atoms with Crippen molar-refractivity contribution < 1.29 is 9.90 Å². The van der Waals surface area contributed by atoms with Crippen molar-refractivity contribution in [2.24, 2.45) is 0 Å². The fraction of sp³-hybridized carbons (Fsp3) is 0.182. The van der Waals surface area contributed by atoms with Crippen molar-refractivity contribution in [1.82, 2.24) is 4.98 Å². The molecule has 1 aromatic carbocycles. The summed E-state index contributed by atoms with van der Waals surface area (Å²) in [4.78, 5) is 12.5. The minimum Gasteiger partial charge on any atom is -0.481 e. The lowest BCUT2D eigenvalue weighted by molar-refractivity contribution is -0.136. The van der Waals surface area contributed by atoms with E-state index in [1.54, 1.807) is 6.92 Å². The van der Waals surface area contributed by atoms with Gasteiger partial charge in [0.1, 0.15) is 0 Å². The first-order valence-corrected chi connectivity index (χ1v) is 4.68. The molecular formula is C11H14N2O2. The van der Waals surface area contributed by atoms with Gasteiger partial charge in [-0.3, -0.25) is 4.79 Å². The van der Waals surface area contributed by atoms with E-state index < -0.39 is 5.97 Å². The maximum atomic E-state index is 9.37. The van der Waals surface area contributed by atoms with Crippen molar-refractivity contribution in [3.05, 3.63) is 30.5 Å². The van der Waals surface area contributed by atoms with Gasteiger partial charge < -0.3 is 15.8 Å². The summed E-state index contributed by atoms with van der Waals surface area (Å²) >= 11 is 0. The smallest absolute Gasteiger partial charge is 0.303 e. The van der Waals surface area contributed by atoms with Crippen molar-refractivity contribution in [3.63, 3.8) is 0 Å². The molecular weight excluding hydrogens is 192 g/mol. The van der Waals surface area contributed by atoms with Crippen molar-refractivity contribution in [2.45, 2.75) is 13.3 Å². The molecule has 0 saturated heterocycles. The summed E-state index contributed by atoms with van der Waals surface area (Å²) in [6, 6.07) is 7.82. The predicted molar refractivity (Wildman–Crippen MR) is 60.6 cm³/mol. The summed E-state index contributed by atoms with van der Waals surface area (Å²) in [6.07, 6.45) is 2.13. The number of rotatable bonds is 1. The molecule has 0 bridgehead atoms. The Morgan fingerprint density at radius 1 is 1.47 bits per heavy atom. The van der Waals surface area contributed by atoms with Crippen LogP contribution >= 0.6 is 0 Å². The third-order valence-electron chi connectivity index (χ3n) is 1.88. The number of aromatic amines is 1. The predicted octanol–water partition coefficient (Wildman–Crippen LogP) is 2.23. The molecule has 80 valence electrons. The number of nitrogen functional groups attached to an aromatic ring is 1. The molecule has 0 aliphatic rings. The first kappa shape index (κ1) is 11.1. The van der Waals surface area contributed by atoms with Crippen LogP contribution in [-0.2, 0) is 4.79 Å². The second kappa shape index (κ2) is 5.05. The summed E-state index contributed by atoms with van der Waals surface area (Å²) in [5.74, 6) is -0.745. The van der Waals surface area contributed by atoms with E-state index in [4.69, 9.17) is 10.8 Å². The Labute approximate surface area is 87.7 Å². The molecule has 2 rings (SSSR count). The summed E-state index contributed by atoms with van der Waals surface area (Å²) in [5.41, 5.74) is 7.51. The largest absolute Gasteiger partial charge is 0.481 e. The normalized spacial score (nSPS) is 9.40. The summed E-state index contributed by atoms with van der Waals surface area (Å²) in [6.45, 7) is 1.60.